The van der Waals surface area contributed by atoms with Crippen LogP contribution in [-0.4, -0.2) is 28.6 Å². The fourth-order valence-electron chi connectivity index (χ4n) is 3.52. The van der Waals surface area contributed by atoms with E-state index in [-0.39, 0.29) is 28.9 Å². The third kappa shape index (κ3) is 3.43. The fourth-order valence-corrected chi connectivity index (χ4v) is 4.72. The number of carbonyl (C=O) groups is 2. The number of Topliss-reactive ketones (excluding diaryl/α,β-unsaturated/α-hetero) is 1. The average Bonchev–Trinajstić information content (AvgIpc) is 3.37. The lowest BCUT2D eigenvalue weighted by Gasteiger charge is -2.33. The van der Waals surface area contributed by atoms with Gasteiger partial charge in [0.05, 0.1) is 0 Å². The molecule has 2 heterocycles. The first-order chi connectivity index (χ1) is 12.5. The highest BCUT2D eigenvalue weighted by Gasteiger charge is 2.40. The fraction of sp³-hybridized carbons (Fsp3) is 0.400. The third-order valence-electron chi connectivity index (χ3n) is 4.89. The minimum Gasteiger partial charge on any atom is -0.451 e. The molecule has 4 rings (SSSR count). The first kappa shape index (κ1) is 17.3. The molecule has 0 saturated heterocycles. The second-order valence-electron chi connectivity index (χ2n) is 6.92. The molecule has 1 fully saturated rings. The maximum absolute atomic E-state index is 14.4. The predicted octanol–water partition coefficient (Wildman–Crippen LogP) is 3.96. The number of rotatable bonds is 5. The van der Waals surface area contributed by atoms with Gasteiger partial charge in [-0.2, -0.15) is 0 Å². The van der Waals surface area contributed by atoms with Crippen LogP contribution >= 0.6 is 11.8 Å². The van der Waals surface area contributed by atoms with Gasteiger partial charge in [-0.3, -0.25) is 9.59 Å². The van der Waals surface area contributed by atoms with Gasteiger partial charge >= 0.3 is 5.97 Å². The molecule has 0 amide bonds. The lowest BCUT2D eigenvalue weighted by molar-refractivity contribution is -0.142. The highest BCUT2D eigenvalue weighted by Crippen LogP contribution is 2.44. The number of esters is 1. The Morgan fingerprint density at radius 1 is 1.31 bits per heavy atom. The lowest BCUT2D eigenvalue weighted by Crippen LogP contribution is -2.34. The van der Waals surface area contributed by atoms with Crippen LogP contribution in [0.1, 0.15) is 37.8 Å². The minimum atomic E-state index is -0.605. The van der Waals surface area contributed by atoms with E-state index in [0.717, 1.165) is 23.3 Å². The molecule has 3 aliphatic rings. The van der Waals surface area contributed by atoms with E-state index in [4.69, 9.17) is 4.74 Å². The summed E-state index contributed by atoms with van der Waals surface area (Å²) in [6.07, 6.45) is 6.24. The average molecular weight is 373 g/mol. The second kappa shape index (κ2) is 6.91. The van der Waals surface area contributed by atoms with Crippen LogP contribution < -0.4 is 0 Å². The number of carbonyl (C=O) groups excluding carboxylic acids is 2. The number of ether oxygens (including phenoxy) is 1. The Balaban J connectivity index is 1.57. The van der Waals surface area contributed by atoms with Crippen LogP contribution in [0.5, 0.6) is 0 Å². The normalized spacial score (nSPS) is 23.0. The summed E-state index contributed by atoms with van der Waals surface area (Å²) in [5.74, 6) is -0.518. The second-order valence-corrected chi connectivity index (χ2v) is 8.12. The highest BCUT2D eigenvalue weighted by molar-refractivity contribution is 8.04. The molecule has 2 aliphatic heterocycles. The minimum absolute atomic E-state index is 0.0372. The van der Waals surface area contributed by atoms with E-state index in [2.05, 4.69) is 0 Å². The number of hydrogen-bond donors (Lipinski definition) is 0. The van der Waals surface area contributed by atoms with Crippen molar-refractivity contribution in [1.82, 2.24) is 4.90 Å². The monoisotopic (exact) mass is 373 g/mol. The maximum Gasteiger partial charge on any atom is 0.303 e. The molecule has 0 N–H and O–H groups in total. The summed E-state index contributed by atoms with van der Waals surface area (Å²) in [6, 6.07) is 5.91. The highest BCUT2D eigenvalue weighted by atomic mass is 32.2. The standard InChI is InChI=1S/C20H20FNO3S/c1-12(23)25-18-10-14-11-22(9-8-17(14)26-18)19(20(24)13-6-7-13)15-4-2-3-5-16(15)21/h2-5,8-9,13,18-19H,6-7,10-11H2,1H3. The molecule has 0 spiro atoms. The van der Waals surface area contributed by atoms with E-state index < -0.39 is 6.04 Å². The summed E-state index contributed by atoms with van der Waals surface area (Å²) >= 11 is 1.53. The molecule has 2 atom stereocenters. The van der Waals surface area contributed by atoms with Crippen molar-refractivity contribution in [3.63, 3.8) is 0 Å². The summed E-state index contributed by atoms with van der Waals surface area (Å²) in [5.41, 5.74) is 1.35. The van der Waals surface area contributed by atoms with E-state index >= 15 is 0 Å². The van der Waals surface area contributed by atoms with Crippen LogP contribution in [-0.2, 0) is 14.3 Å². The van der Waals surface area contributed by atoms with Crippen molar-refractivity contribution in [2.45, 2.75) is 37.7 Å². The van der Waals surface area contributed by atoms with E-state index in [1.165, 1.54) is 24.8 Å². The van der Waals surface area contributed by atoms with Gasteiger partial charge in [-0.25, -0.2) is 4.39 Å². The van der Waals surface area contributed by atoms with E-state index in [1.54, 1.807) is 18.2 Å². The first-order valence-corrected chi connectivity index (χ1v) is 9.69. The number of ketones is 1. The van der Waals surface area contributed by atoms with Crippen molar-refractivity contribution in [2.24, 2.45) is 5.92 Å². The van der Waals surface area contributed by atoms with Gasteiger partial charge in [0.2, 0.25) is 0 Å². The Bertz CT molecular complexity index is 815. The van der Waals surface area contributed by atoms with E-state index in [9.17, 15) is 14.0 Å². The summed E-state index contributed by atoms with van der Waals surface area (Å²) in [4.78, 5) is 27.1. The van der Waals surface area contributed by atoms with Gasteiger partial charge in [0.15, 0.2) is 11.2 Å². The van der Waals surface area contributed by atoms with Crippen molar-refractivity contribution in [3.05, 3.63) is 58.4 Å². The number of hydrogen-bond acceptors (Lipinski definition) is 5. The van der Waals surface area contributed by atoms with Crippen molar-refractivity contribution < 1.29 is 18.7 Å². The van der Waals surface area contributed by atoms with Crippen molar-refractivity contribution >= 4 is 23.5 Å². The lowest BCUT2D eigenvalue weighted by atomic mass is 9.96. The number of thioether (sulfide) groups is 1. The van der Waals surface area contributed by atoms with E-state index in [1.807, 2.05) is 17.2 Å². The number of nitrogens with zero attached hydrogens (tertiary/aromatic N) is 1. The Morgan fingerprint density at radius 2 is 2.08 bits per heavy atom. The molecule has 0 radical (unpaired) electrons. The van der Waals surface area contributed by atoms with Crippen molar-refractivity contribution in [1.29, 1.82) is 0 Å². The molecular formula is C20H20FNO3S. The maximum atomic E-state index is 14.4. The van der Waals surface area contributed by atoms with Crippen LogP contribution in [0.3, 0.4) is 0 Å². The summed E-state index contributed by atoms with van der Waals surface area (Å²) < 4.78 is 19.7. The number of allylic oxidation sites excluding steroid dienone is 1. The molecule has 0 bridgehead atoms. The number of halogens is 1. The molecule has 1 aliphatic carbocycles. The summed E-state index contributed by atoms with van der Waals surface area (Å²) in [7, 11) is 0. The van der Waals surface area contributed by atoms with Gasteiger partial charge in [-0.1, -0.05) is 30.0 Å². The van der Waals surface area contributed by atoms with Crippen LogP contribution in [0.4, 0.5) is 4.39 Å². The van der Waals surface area contributed by atoms with Crippen LogP contribution in [0.15, 0.2) is 47.0 Å². The Hall–Kier alpha value is -2.08. The van der Waals surface area contributed by atoms with Crippen LogP contribution in [0.25, 0.3) is 0 Å². The van der Waals surface area contributed by atoms with Gasteiger partial charge in [0.25, 0.3) is 0 Å². The van der Waals surface area contributed by atoms with Crippen molar-refractivity contribution in [2.75, 3.05) is 6.54 Å². The predicted molar refractivity (Wildman–Crippen MR) is 97.5 cm³/mol. The molecular weight excluding hydrogens is 353 g/mol. The molecule has 26 heavy (non-hydrogen) atoms. The van der Waals surface area contributed by atoms with Gasteiger partial charge in [0, 0.05) is 42.5 Å². The number of benzene rings is 1. The molecule has 1 aromatic rings. The topological polar surface area (TPSA) is 46.6 Å². The van der Waals surface area contributed by atoms with E-state index in [0.29, 0.717) is 18.5 Å². The summed E-state index contributed by atoms with van der Waals surface area (Å²) in [5, 5.41) is 0. The molecule has 4 nitrogen and oxygen atoms in total. The Labute approximate surface area is 156 Å². The molecule has 1 aromatic carbocycles. The summed E-state index contributed by atoms with van der Waals surface area (Å²) in [6.45, 7) is 1.95. The molecule has 6 heteroatoms. The molecule has 1 saturated carbocycles. The SMILES string of the molecule is CC(=O)OC1CC2=C(C=CN(C(C(=O)C3CC3)c3ccccc3F)C2)S1. The largest absolute Gasteiger partial charge is 0.451 e. The van der Waals surface area contributed by atoms with Gasteiger partial charge in [-0.15, -0.1) is 0 Å². The smallest absolute Gasteiger partial charge is 0.303 e. The Morgan fingerprint density at radius 3 is 2.77 bits per heavy atom. The molecule has 2 unspecified atom stereocenters. The molecule has 136 valence electrons. The zero-order chi connectivity index (χ0) is 18.3. The van der Waals surface area contributed by atoms with Gasteiger partial charge in [-0.05, 0) is 30.6 Å². The van der Waals surface area contributed by atoms with Crippen molar-refractivity contribution in [3.8, 4) is 0 Å². The third-order valence-corrected chi connectivity index (χ3v) is 6.09. The zero-order valence-electron chi connectivity index (χ0n) is 14.5. The quantitative estimate of drug-likeness (QED) is 0.731. The van der Waals surface area contributed by atoms with Gasteiger partial charge < -0.3 is 9.64 Å². The first-order valence-electron chi connectivity index (χ1n) is 8.81. The van der Waals surface area contributed by atoms with Crippen LogP contribution in [0, 0.1) is 11.7 Å². The zero-order valence-corrected chi connectivity index (χ0v) is 15.3. The Kier molecular flexibility index (Phi) is 4.61. The van der Waals surface area contributed by atoms with Crippen LogP contribution in [0.2, 0.25) is 0 Å². The van der Waals surface area contributed by atoms with Gasteiger partial charge in [0.1, 0.15) is 11.9 Å². The molecule has 0 aromatic heterocycles.